The quantitative estimate of drug-likeness (QED) is 0.653. The first-order chi connectivity index (χ1) is 10.0. The second kappa shape index (κ2) is 6.74. The summed E-state index contributed by atoms with van der Waals surface area (Å²) in [7, 11) is 0. The molecule has 1 aromatic rings. The van der Waals surface area contributed by atoms with Crippen LogP contribution in [0.1, 0.15) is 29.6 Å². The molecule has 1 saturated carbocycles. The van der Waals surface area contributed by atoms with Crippen molar-refractivity contribution in [2.75, 3.05) is 11.9 Å². The number of hydrogen-bond donors (Lipinski definition) is 4. The Morgan fingerprint density at radius 1 is 1.14 bits per heavy atom. The number of carboxylic acids is 1. The number of nitrogens with one attached hydrogen (secondary N) is 3. The third-order valence-electron chi connectivity index (χ3n) is 3.25. The van der Waals surface area contributed by atoms with Crippen LogP contribution in [0.2, 0.25) is 0 Å². The Balaban J connectivity index is 1.84. The summed E-state index contributed by atoms with van der Waals surface area (Å²) in [5.41, 5.74) is 0.905. The molecule has 0 bridgehead atoms. The molecule has 0 spiro atoms. The lowest BCUT2D eigenvalue weighted by Crippen LogP contribution is -2.41. The van der Waals surface area contributed by atoms with E-state index in [0.29, 0.717) is 11.3 Å². The van der Waals surface area contributed by atoms with E-state index in [1.807, 2.05) is 0 Å². The fraction of sp³-hybridized carbons (Fsp3) is 0.357. The van der Waals surface area contributed by atoms with Gasteiger partial charge in [-0.2, -0.15) is 0 Å². The van der Waals surface area contributed by atoms with E-state index in [-0.39, 0.29) is 12.1 Å². The van der Waals surface area contributed by atoms with Crippen LogP contribution >= 0.6 is 0 Å². The van der Waals surface area contributed by atoms with Crippen LogP contribution in [0.3, 0.4) is 0 Å². The summed E-state index contributed by atoms with van der Waals surface area (Å²) in [6.07, 6.45) is 3.16. The Bertz CT molecular complexity index is 538. The lowest BCUT2D eigenvalue weighted by molar-refractivity contribution is -0.135. The van der Waals surface area contributed by atoms with E-state index in [9.17, 15) is 14.4 Å². The Hall–Kier alpha value is -2.57. The SMILES string of the molecule is O=C(O)CNC(=O)c1ccc(NC(=O)NC2CCC2)cc1. The number of hydrogen-bond acceptors (Lipinski definition) is 3. The second-order valence-electron chi connectivity index (χ2n) is 4.88. The lowest BCUT2D eigenvalue weighted by atomic mass is 9.93. The van der Waals surface area contributed by atoms with Crippen molar-refractivity contribution in [3.63, 3.8) is 0 Å². The Morgan fingerprint density at radius 3 is 2.33 bits per heavy atom. The van der Waals surface area contributed by atoms with Gasteiger partial charge in [0.05, 0.1) is 0 Å². The average molecular weight is 291 g/mol. The summed E-state index contributed by atoms with van der Waals surface area (Å²) in [6, 6.07) is 6.23. The van der Waals surface area contributed by atoms with Crippen molar-refractivity contribution in [3.8, 4) is 0 Å². The minimum absolute atomic E-state index is 0.256. The van der Waals surface area contributed by atoms with Crippen LogP contribution in [0.15, 0.2) is 24.3 Å². The highest BCUT2D eigenvalue weighted by atomic mass is 16.4. The zero-order valence-electron chi connectivity index (χ0n) is 11.4. The van der Waals surface area contributed by atoms with Crippen molar-refractivity contribution in [3.05, 3.63) is 29.8 Å². The largest absolute Gasteiger partial charge is 0.480 e. The number of aliphatic carboxylic acids is 1. The van der Waals surface area contributed by atoms with Gasteiger partial charge in [-0.25, -0.2) is 4.79 Å². The highest BCUT2D eigenvalue weighted by Crippen LogP contribution is 2.18. The van der Waals surface area contributed by atoms with E-state index in [1.165, 1.54) is 12.1 Å². The molecule has 1 aliphatic carbocycles. The van der Waals surface area contributed by atoms with Crippen molar-refractivity contribution < 1.29 is 19.5 Å². The summed E-state index contributed by atoms with van der Waals surface area (Å²) in [4.78, 5) is 33.6. The molecule has 7 nitrogen and oxygen atoms in total. The van der Waals surface area contributed by atoms with E-state index in [4.69, 9.17) is 5.11 Å². The fourth-order valence-electron chi connectivity index (χ4n) is 1.87. The molecular weight excluding hydrogens is 274 g/mol. The van der Waals surface area contributed by atoms with Crippen LogP contribution in [-0.4, -0.2) is 35.6 Å². The Kier molecular flexibility index (Phi) is 4.76. The maximum Gasteiger partial charge on any atom is 0.322 e. The van der Waals surface area contributed by atoms with Gasteiger partial charge < -0.3 is 21.1 Å². The van der Waals surface area contributed by atoms with Gasteiger partial charge in [-0.3, -0.25) is 9.59 Å². The highest BCUT2D eigenvalue weighted by molar-refractivity contribution is 5.96. The molecule has 0 radical (unpaired) electrons. The number of urea groups is 1. The van der Waals surface area contributed by atoms with Crippen LogP contribution < -0.4 is 16.0 Å². The number of amides is 3. The second-order valence-corrected chi connectivity index (χ2v) is 4.88. The minimum Gasteiger partial charge on any atom is -0.480 e. The number of benzene rings is 1. The van der Waals surface area contributed by atoms with Crippen LogP contribution in [0.4, 0.5) is 10.5 Å². The molecule has 7 heteroatoms. The molecule has 0 unspecified atom stereocenters. The van der Waals surface area contributed by atoms with Crippen molar-refractivity contribution >= 4 is 23.6 Å². The van der Waals surface area contributed by atoms with Gasteiger partial charge in [0, 0.05) is 17.3 Å². The molecule has 0 aromatic heterocycles. The molecule has 112 valence electrons. The molecule has 1 aromatic carbocycles. The fourth-order valence-corrected chi connectivity index (χ4v) is 1.87. The first kappa shape index (κ1) is 14.8. The molecular formula is C14H17N3O4. The minimum atomic E-state index is -1.10. The van der Waals surface area contributed by atoms with Gasteiger partial charge in [0.1, 0.15) is 6.54 Å². The molecule has 0 saturated heterocycles. The lowest BCUT2D eigenvalue weighted by Gasteiger charge is -2.26. The average Bonchev–Trinajstić information content (AvgIpc) is 2.41. The number of rotatable bonds is 5. The van der Waals surface area contributed by atoms with Crippen molar-refractivity contribution in [2.24, 2.45) is 0 Å². The number of anilines is 1. The third-order valence-corrected chi connectivity index (χ3v) is 3.25. The van der Waals surface area contributed by atoms with E-state index in [1.54, 1.807) is 12.1 Å². The smallest absolute Gasteiger partial charge is 0.322 e. The van der Waals surface area contributed by atoms with Gasteiger partial charge in [0.15, 0.2) is 0 Å². The molecule has 0 aliphatic heterocycles. The predicted molar refractivity (Wildman–Crippen MR) is 76.2 cm³/mol. The van der Waals surface area contributed by atoms with Gasteiger partial charge >= 0.3 is 12.0 Å². The maximum absolute atomic E-state index is 11.6. The van der Waals surface area contributed by atoms with Gasteiger partial charge in [-0.1, -0.05) is 0 Å². The van der Waals surface area contributed by atoms with E-state index in [0.717, 1.165) is 19.3 Å². The summed E-state index contributed by atoms with van der Waals surface area (Å²) in [6.45, 7) is -0.428. The first-order valence-corrected chi connectivity index (χ1v) is 6.72. The number of carboxylic acid groups (broad SMARTS) is 1. The van der Waals surface area contributed by atoms with Crippen LogP contribution in [0, 0.1) is 0 Å². The van der Waals surface area contributed by atoms with Crippen LogP contribution in [0.25, 0.3) is 0 Å². The molecule has 1 aliphatic rings. The zero-order chi connectivity index (χ0) is 15.2. The standard InChI is InChI=1S/C14H17N3O4/c18-12(19)8-15-13(20)9-4-6-11(7-5-9)17-14(21)16-10-2-1-3-10/h4-7,10H,1-3,8H2,(H,15,20)(H,18,19)(H2,16,17,21). The van der Waals surface area contributed by atoms with E-state index in [2.05, 4.69) is 16.0 Å². The number of carbonyl (C=O) groups excluding carboxylic acids is 2. The van der Waals surface area contributed by atoms with Crippen LogP contribution in [0.5, 0.6) is 0 Å². The van der Waals surface area contributed by atoms with Crippen LogP contribution in [-0.2, 0) is 4.79 Å². The first-order valence-electron chi connectivity index (χ1n) is 6.72. The monoisotopic (exact) mass is 291 g/mol. The third kappa shape index (κ3) is 4.48. The summed E-state index contributed by atoms with van der Waals surface area (Å²) in [5.74, 6) is -1.57. The van der Waals surface area contributed by atoms with Gasteiger partial charge in [0.25, 0.3) is 5.91 Å². The summed E-state index contributed by atoms with van der Waals surface area (Å²) < 4.78 is 0. The predicted octanol–water partition coefficient (Wildman–Crippen LogP) is 1.17. The Morgan fingerprint density at radius 2 is 1.81 bits per heavy atom. The maximum atomic E-state index is 11.6. The molecule has 4 N–H and O–H groups in total. The molecule has 0 atom stereocenters. The highest BCUT2D eigenvalue weighted by Gasteiger charge is 2.19. The van der Waals surface area contributed by atoms with E-state index >= 15 is 0 Å². The molecule has 3 amide bonds. The van der Waals surface area contributed by atoms with E-state index < -0.39 is 18.4 Å². The zero-order valence-corrected chi connectivity index (χ0v) is 11.4. The molecule has 1 fully saturated rings. The molecule has 21 heavy (non-hydrogen) atoms. The summed E-state index contributed by atoms with van der Waals surface area (Å²) in [5, 5.41) is 16.3. The van der Waals surface area contributed by atoms with Gasteiger partial charge in [-0.05, 0) is 43.5 Å². The number of carbonyl (C=O) groups is 3. The van der Waals surface area contributed by atoms with Crippen molar-refractivity contribution in [2.45, 2.75) is 25.3 Å². The van der Waals surface area contributed by atoms with Gasteiger partial charge in [0.2, 0.25) is 0 Å². The van der Waals surface area contributed by atoms with Gasteiger partial charge in [-0.15, -0.1) is 0 Å². The summed E-state index contributed by atoms with van der Waals surface area (Å²) >= 11 is 0. The van der Waals surface area contributed by atoms with Crippen molar-refractivity contribution in [1.29, 1.82) is 0 Å². The normalized spacial score (nSPS) is 13.9. The molecule has 0 heterocycles. The van der Waals surface area contributed by atoms with Crippen molar-refractivity contribution in [1.82, 2.24) is 10.6 Å². The topological polar surface area (TPSA) is 108 Å². The Labute approximate surface area is 121 Å². The molecule has 2 rings (SSSR count).